The van der Waals surface area contributed by atoms with Crippen molar-refractivity contribution in [2.45, 2.75) is 6.54 Å². The van der Waals surface area contributed by atoms with Crippen LogP contribution in [0.4, 0.5) is 0 Å². The Morgan fingerprint density at radius 2 is 2.33 bits per heavy atom. The Labute approximate surface area is 107 Å². The molecule has 0 radical (unpaired) electrons. The molecule has 1 amide bonds. The minimum atomic E-state index is -0.0662. The van der Waals surface area contributed by atoms with Gasteiger partial charge in [-0.05, 0) is 17.7 Å². The van der Waals surface area contributed by atoms with Crippen LogP contribution in [0.2, 0.25) is 0 Å². The first-order valence-corrected chi connectivity index (χ1v) is 5.71. The van der Waals surface area contributed by atoms with E-state index in [-0.39, 0.29) is 12.5 Å². The number of carbonyl (C=O) groups excluding carboxylic acids is 1. The van der Waals surface area contributed by atoms with Crippen molar-refractivity contribution in [3.8, 4) is 6.07 Å². The molecule has 0 aromatic heterocycles. The lowest BCUT2D eigenvalue weighted by Crippen LogP contribution is -2.35. The number of benzene rings is 1. The summed E-state index contributed by atoms with van der Waals surface area (Å²) in [5, 5.41) is 14.5. The lowest BCUT2D eigenvalue weighted by Gasteiger charge is -2.06. The van der Waals surface area contributed by atoms with Crippen molar-refractivity contribution in [1.29, 1.82) is 5.26 Å². The number of nitrogens with zero attached hydrogens (tertiary/aromatic N) is 1. The monoisotopic (exact) mass is 247 g/mol. The molecule has 0 bridgehead atoms. The van der Waals surface area contributed by atoms with E-state index in [0.717, 1.165) is 5.56 Å². The number of methoxy groups -OCH3 is 1. The average molecular weight is 247 g/mol. The first-order chi connectivity index (χ1) is 8.76. The van der Waals surface area contributed by atoms with Crippen molar-refractivity contribution < 1.29 is 9.53 Å². The first kappa shape index (κ1) is 14.2. The Kier molecular flexibility index (Phi) is 6.47. The highest BCUT2D eigenvalue weighted by atomic mass is 16.5. The van der Waals surface area contributed by atoms with Crippen LogP contribution in [0.3, 0.4) is 0 Å². The van der Waals surface area contributed by atoms with E-state index in [9.17, 15) is 4.79 Å². The molecule has 0 unspecified atom stereocenters. The molecule has 1 aromatic rings. The van der Waals surface area contributed by atoms with Gasteiger partial charge in [0.1, 0.15) is 0 Å². The van der Waals surface area contributed by atoms with Crippen LogP contribution >= 0.6 is 0 Å². The predicted octanol–water partition coefficient (Wildman–Crippen LogP) is 0.410. The molecule has 0 aliphatic rings. The summed E-state index contributed by atoms with van der Waals surface area (Å²) in [6.45, 7) is 1.84. The van der Waals surface area contributed by atoms with Gasteiger partial charge in [0.25, 0.3) is 0 Å². The second kappa shape index (κ2) is 8.23. The van der Waals surface area contributed by atoms with E-state index in [1.54, 1.807) is 19.2 Å². The molecule has 1 aromatic carbocycles. The third-order valence-corrected chi connectivity index (χ3v) is 2.30. The van der Waals surface area contributed by atoms with Crippen LogP contribution < -0.4 is 10.6 Å². The molecule has 2 N–H and O–H groups in total. The summed E-state index contributed by atoms with van der Waals surface area (Å²) in [7, 11) is 1.59. The minimum Gasteiger partial charge on any atom is -0.383 e. The van der Waals surface area contributed by atoms with Crippen molar-refractivity contribution in [3.05, 3.63) is 35.4 Å². The summed E-state index contributed by atoms with van der Waals surface area (Å²) < 4.78 is 4.83. The topological polar surface area (TPSA) is 74.2 Å². The van der Waals surface area contributed by atoms with Gasteiger partial charge in [-0.2, -0.15) is 5.26 Å². The van der Waals surface area contributed by atoms with Crippen LogP contribution in [0.25, 0.3) is 0 Å². The molecule has 0 aliphatic heterocycles. The molecule has 0 atom stereocenters. The Morgan fingerprint density at radius 1 is 1.50 bits per heavy atom. The minimum absolute atomic E-state index is 0.0662. The quantitative estimate of drug-likeness (QED) is 0.684. The standard InChI is InChI=1S/C13H17N3O2/c1-18-6-5-16-13(17)10-15-9-12-4-2-3-11(7-12)8-14/h2-4,7,15H,5-6,9-10H2,1H3,(H,16,17). The van der Waals surface area contributed by atoms with Crippen molar-refractivity contribution in [3.63, 3.8) is 0 Å². The number of nitrogens with one attached hydrogen (secondary N) is 2. The zero-order valence-corrected chi connectivity index (χ0v) is 10.4. The van der Waals surface area contributed by atoms with Gasteiger partial charge in [0.05, 0.1) is 24.8 Å². The third kappa shape index (κ3) is 5.43. The molecule has 0 saturated carbocycles. The summed E-state index contributed by atoms with van der Waals surface area (Å²) >= 11 is 0. The Bertz CT molecular complexity index is 426. The third-order valence-electron chi connectivity index (χ3n) is 2.30. The molecule has 5 heteroatoms. The van der Waals surface area contributed by atoms with Gasteiger partial charge in [0.2, 0.25) is 5.91 Å². The van der Waals surface area contributed by atoms with Crippen LogP contribution in [0.1, 0.15) is 11.1 Å². The van der Waals surface area contributed by atoms with E-state index in [4.69, 9.17) is 10.00 Å². The summed E-state index contributed by atoms with van der Waals surface area (Å²) in [5.41, 5.74) is 1.61. The fraction of sp³-hybridized carbons (Fsp3) is 0.385. The molecular weight excluding hydrogens is 230 g/mol. The molecule has 18 heavy (non-hydrogen) atoms. The van der Waals surface area contributed by atoms with Crippen molar-refractivity contribution in [1.82, 2.24) is 10.6 Å². The molecule has 5 nitrogen and oxygen atoms in total. The smallest absolute Gasteiger partial charge is 0.234 e. The highest BCUT2D eigenvalue weighted by molar-refractivity contribution is 5.77. The van der Waals surface area contributed by atoms with Crippen LogP contribution in [0.5, 0.6) is 0 Å². The number of amides is 1. The zero-order chi connectivity index (χ0) is 13.2. The largest absolute Gasteiger partial charge is 0.383 e. The lowest BCUT2D eigenvalue weighted by molar-refractivity contribution is -0.120. The van der Waals surface area contributed by atoms with Gasteiger partial charge in [-0.15, -0.1) is 0 Å². The number of nitriles is 1. The molecule has 0 spiro atoms. The fourth-order valence-electron chi connectivity index (χ4n) is 1.43. The predicted molar refractivity (Wildman–Crippen MR) is 67.7 cm³/mol. The van der Waals surface area contributed by atoms with Crippen LogP contribution in [-0.4, -0.2) is 32.7 Å². The van der Waals surface area contributed by atoms with Crippen LogP contribution in [-0.2, 0) is 16.1 Å². The Hall–Kier alpha value is -1.90. The van der Waals surface area contributed by atoms with E-state index in [0.29, 0.717) is 25.3 Å². The number of carbonyl (C=O) groups is 1. The van der Waals surface area contributed by atoms with Crippen LogP contribution in [0.15, 0.2) is 24.3 Å². The van der Waals surface area contributed by atoms with E-state index in [1.165, 1.54) is 0 Å². The summed E-state index contributed by atoms with van der Waals surface area (Å²) in [6, 6.07) is 9.37. The maximum Gasteiger partial charge on any atom is 0.234 e. The van der Waals surface area contributed by atoms with Crippen LogP contribution in [0, 0.1) is 11.3 Å². The van der Waals surface area contributed by atoms with Crippen molar-refractivity contribution in [2.75, 3.05) is 26.8 Å². The number of rotatable bonds is 7. The first-order valence-electron chi connectivity index (χ1n) is 5.71. The van der Waals surface area contributed by atoms with Crippen molar-refractivity contribution >= 4 is 5.91 Å². The molecule has 0 saturated heterocycles. The molecule has 0 aliphatic carbocycles. The second-order valence-electron chi connectivity index (χ2n) is 3.76. The van der Waals surface area contributed by atoms with Gasteiger partial charge < -0.3 is 15.4 Å². The maximum absolute atomic E-state index is 11.3. The van der Waals surface area contributed by atoms with E-state index < -0.39 is 0 Å². The summed E-state index contributed by atoms with van der Waals surface area (Å²) in [4.78, 5) is 11.3. The molecule has 1 rings (SSSR count). The average Bonchev–Trinajstić information content (AvgIpc) is 2.39. The number of hydrogen-bond acceptors (Lipinski definition) is 4. The Morgan fingerprint density at radius 3 is 3.06 bits per heavy atom. The van der Waals surface area contributed by atoms with Gasteiger partial charge in [-0.1, -0.05) is 12.1 Å². The molecule has 96 valence electrons. The fourth-order valence-corrected chi connectivity index (χ4v) is 1.43. The summed E-state index contributed by atoms with van der Waals surface area (Å²) in [6.07, 6.45) is 0. The van der Waals surface area contributed by atoms with Gasteiger partial charge >= 0.3 is 0 Å². The van der Waals surface area contributed by atoms with Crippen molar-refractivity contribution in [2.24, 2.45) is 0 Å². The highest BCUT2D eigenvalue weighted by Crippen LogP contribution is 2.03. The molecule has 0 heterocycles. The van der Waals surface area contributed by atoms with Gasteiger partial charge in [0.15, 0.2) is 0 Å². The summed E-state index contributed by atoms with van der Waals surface area (Å²) in [5.74, 6) is -0.0662. The van der Waals surface area contributed by atoms with Gasteiger partial charge in [0, 0.05) is 20.2 Å². The van der Waals surface area contributed by atoms with E-state index in [2.05, 4.69) is 16.7 Å². The maximum atomic E-state index is 11.3. The van der Waals surface area contributed by atoms with E-state index >= 15 is 0 Å². The second-order valence-corrected chi connectivity index (χ2v) is 3.76. The van der Waals surface area contributed by atoms with E-state index in [1.807, 2.05) is 12.1 Å². The molecular formula is C13H17N3O2. The van der Waals surface area contributed by atoms with Gasteiger partial charge in [-0.3, -0.25) is 4.79 Å². The number of ether oxygens (including phenoxy) is 1. The SMILES string of the molecule is COCCNC(=O)CNCc1cccc(C#N)c1. The number of hydrogen-bond donors (Lipinski definition) is 2. The highest BCUT2D eigenvalue weighted by Gasteiger charge is 2.00. The normalized spacial score (nSPS) is 9.78. The lowest BCUT2D eigenvalue weighted by atomic mass is 10.1. The molecule has 0 fully saturated rings. The van der Waals surface area contributed by atoms with Gasteiger partial charge in [-0.25, -0.2) is 0 Å². The Balaban J connectivity index is 2.24. The zero-order valence-electron chi connectivity index (χ0n) is 10.4.